The highest BCUT2D eigenvalue weighted by molar-refractivity contribution is 7.21. The monoisotopic (exact) mass is 452 g/mol. The highest BCUT2D eigenvalue weighted by Crippen LogP contribution is 2.36. The number of rotatable bonds is 3. The number of nitrogens with zero attached hydrogens (tertiary/aromatic N) is 3. The highest BCUT2D eigenvalue weighted by atomic mass is 35.5. The van der Waals surface area contributed by atoms with Crippen LogP contribution in [0.15, 0.2) is 42.5 Å². The molecule has 1 amide bonds. The number of halogens is 1. The zero-order chi connectivity index (χ0) is 21.0. The Kier molecular flexibility index (Phi) is 4.61. The van der Waals surface area contributed by atoms with Crippen molar-refractivity contribution in [2.24, 2.45) is 0 Å². The molecule has 0 aliphatic heterocycles. The largest absolute Gasteiger partial charge is 0.306 e. The number of fused-ring (bicyclic) bond motifs is 2. The number of aryl methyl sites for hydroxylation is 3. The molecule has 0 spiro atoms. The second kappa shape index (κ2) is 7.19. The van der Waals surface area contributed by atoms with Crippen LogP contribution in [0.25, 0.3) is 25.4 Å². The van der Waals surface area contributed by atoms with Crippen LogP contribution < -0.4 is 5.32 Å². The first-order valence-corrected chi connectivity index (χ1v) is 11.3. The van der Waals surface area contributed by atoms with Gasteiger partial charge in [-0.25, -0.2) is 4.98 Å². The Labute approximate surface area is 185 Å². The van der Waals surface area contributed by atoms with E-state index in [4.69, 9.17) is 16.6 Å². The second-order valence-electron chi connectivity index (χ2n) is 7.20. The normalized spacial score (nSPS) is 11.5. The second-order valence-corrected chi connectivity index (χ2v) is 9.64. The van der Waals surface area contributed by atoms with E-state index in [0.29, 0.717) is 20.8 Å². The number of carbonyl (C=O) groups excluding carboxylic acids is 1. The molecule has 150 valence electrons. The number of anilines is 1. The molecule has 0 saturated heterocycles. The van der Waals surface area contributed by atoms with Crippen molar-refractivity contribution in [2.75, 3.05) is 5.32 Å². The molecule has 5 nitrogen and oxygen atoms in total. The molecule has 0 atom stereocenters. The van der Waals surface area contributed by atoms with Gasteiger partial charge in [-0.15, -0.1) is 11.3 Å². The van der Waals surface area contributed by atoms with Gasteiger partial charge in [-0.2, -0.15) is 9.78 Å². The first-order chi connectivity index (χ1) is 14.4. The van der Waals surface area contributed by atoms with Gasteiger partial charge in [-0.05, 0) is 44.0 Å². The first-order valence-electron chi connectivity index (χ1n) is 9.34. The van der Waals surface area contributed by atoms with Crippen LogP contribution in [0.1, 0.15) is 26.5 Å². The molecule has 0 fully saturated rings. The fourth-order valence-corrected chi connectivity index (χ4v) is 6.04. The number of benzene rings is 2. The maximum Gasteiger partial charge on any atom is 0.268 e. The van der Waals surface area contributed by atoms with Crippen molar-refractivity contribution in [2.45, 2.75) is 20.8 Å². The van der Waals surface area contributed by atoms with Gasteiger partial charge in [-0.3, -0.25) is 4.79 Å². The van der Waals surface area contributed by atoms with E-state index in [1.165, 1.54) is 16.9 Å². The molecule has 3 aromatic heterocycles. The summed E-state index contributed by atoms with van der Waals surface area (Å²) in [6.45, 7) is 6.02. The number of carbonyl (C=O) groups is 1. The van der Waals surface area contributed by atoms with Gasteiger partial charge in [0.1, 0.15) is 10.7 Å². The molecule has 0 unspecified atom stereocenters. The fraction of sp³-hybridized carbons (Fsp3) is 0.136. The molecule has 2 aromatic carbocycles. The van der Waals surface area contributed by atoms with Crippen LogP contribution in [-0.4, -0.2) is 20.7 Å². The highest BCUT2D eigenvalue weighted by Gasteiger charge is 2.20. The predicted molar refractivity (Wildman–Crippen MR) is 126 cm³/mol. The van der Waals surface area contributed by atoms with Crippen molar-refractivity contribution < 1.29 is 4.79 Å². The van der Waals surface area contributed by atoms with Crippen LogP contribution in [0.4, 0.5) is 5.82 Å². The van der Waals surface area contributed by atoms with E-state index in [0.717, 1.165) is 31.6 Å². The molecule has 0 bridgehead atoms. The zero-order valence-electron chi connectivity index (χ0n) is 16.5. The van der Waals surface area contributed by atoms with Gasteiger partial charge >= 0.3 is 0 Å². The summed E-state index contributed by atoms with van der Waals surface area (Å²) >= 11 is 9.41. The minimum atomic E-state index is -0.254. The summed E-state index contributed by atoms with van der Waals surface area (Å²) in [5.74, 6) is 0.315. The van der Waals surface area contributed by atoms with Crippen LogP contribution in [0.5, 0.6) is 0 Å². The van der Waals surface area contributed by atoms with Gasteiger partial charge in [0.25, 0.3) is 5.91 Å². The van der Waals surface area contributed by atoms with E-state index in [9.17, 15) is 4.79 Å². The number of thiazole rings is 1. The summed E-state index contributed by atoms with van der Waals surface area (Å²) in [4.78, 5) is 18.3. The summed E-state index contributed by atoms with van der Waals surface area (Å²) in [6.07, 6.45) is 0. The number of thiophene rings is 1. The van der Waals surface area contributed by atoms with Crippen molar-refractivity contribution in [3.8, 4) is 5.13 Å². The van der Waals surface area contributed by atoms with Gasteiger partial charge in [0.2, 0.25) is 5.13 Å². The van der Waals surface area contributed by atoms with Crippen molar-refractivity contribution in [3.63, 3.8) is 0 Å². The van der Waals surface area contributed by atoms with Crippen molar-refractivity contribution in [3.05, 3.63) is 69.2 Å². The number of hydrogen-bond acceptors (Lipinski definition) is 5. The lowest BCUT2D eigenvalue weighted by Gasteiger charge is -2.05. The lowest BCUT2D eigenvalue weighted by atomic mass is 10.1. The Morgan fingerprint density at radius 3 is 2.67 bits per heavy atom. The number of amides is 1. The summed E-state index contributed by atoms with van der Waals surface area (Å²) in [5.41, 5.74) is 4.07. The number of aromatic nitrogens is 3. The molecular weight excluding hydrogens is 436 g/mol. The van der Waals surface area contributed by atoms with E-state index < -0.39 is 0 Å². The van der Waals surface area contributed by atoms with Gasteiger partial charge in [0.05, 0.1) is 20.9 Å². The van der Waals surface area contributed by atoms with Gasteiger partial charge < -0.3 is 5.32 Å². The molecule has 5 aromatic rings. The molecule has 30 heavy (non-hydrogen) atoms. The lowest BCUT2D eigenvalue weighted by Crippen LogP contribution is -2.14. The third kappa shape index (κ3) is 3.19. The van der Waals surface area contributed by atoms with Crippen molar-refractivity contribution in [1.29, 1.82) is 0 Å². The third-order valence-electron chi connectivity index (χ3n) is 4.81. The molecule has 1 N–H and O–H groups in total. The van der Waals surface area contributed by atoms with Crippen LogP contribution in [-0.2, 0) is 0 Å². The van der Waals surface area contributed by atoms with Gasteiger partial charge in [-0.1, -0.05) is 47.2 Å². The fourth-order valence-electron chi connectivity index (χ4n) is 3.52. The average molecular weight is 453 g/mol. The molecule has 0 aliphatic rings. The molecule has 5 rings (SSSR count). The Morgan fingerprint density at radius 1 is 1.07 bits per heavy atom. The SMILES string of the molecule is Cc1cc(C)c2nc(-n3nc(C)cc3NC(=O)c3sc4ccccc4c3Cl)sc2c1. The molecule has 0 aliphatic carbocycles. The van der Waals surface area contributed by atoms with Crippen LogP contribution in [0, 0.1) is 20.8 Å². The summed E-state index contributed by atoms with van der Waals surface area (Å²) in [6, 6.07) is 13.8. The van der Waals surface area contributed by atoms with Crippen LogP contribution in [0.3, 0.4) is 0 Å². The van der Waals surface area contributed by atoms with E-state index >= 15 is 0 Å². The minimum Gasteiger partial charge on any atom is -0.306 e. The number of hydrogen-bond donors (Lipinski definition) is 1. The zero-order valence-corrected chi connectivity index (χ0v) is 18.9. The standard InChI is InChI=1S/C22H17ClN4OS2/c1-11-8-12(2)19-16(9-11)30-22(25-19)27-17(10-13(3)26-27)24-21(28)20-18(23)14-6-4-5-7-15(14)29-20/h4-10H,1-3H3,(H,24,28). The maximum atomic E-state index is 13.0. The van der Waals surface area contributed by atoms with E-state index in [2.05, 4.69) is 36.4 Å². The summed E-state index contributed by atoms with van der Waals surface area (Å²) in [7, 11) is 0. The Bertz CT molecular complexity index is 1450. The maximum absolute atomic E-state index is 13.0. The topological polar surface area (TPSA) is 59.8 Å². The van der Waals surface area contributed by atoms with Crippen molar-refractivity contribution >= 4 is 66.3 Å². The van der Waals surface area contributed by atoms with Crippen LogP contribution >= 0.6 is 34.3 Å². The Hall–Kier alpha value is -2.74. The summed E-state index contributed by atoms with van der Waals surface area (Å²) < 4.78 is 3.77. The molecule has 8 heteroatoms. The molecule has 0 radical (unpaired) electrons. The quantitative estimate of drug-likeness (QED) is 0.338. The average Bonchev–Trinajstić information content (AvgIpc) is 3.37. The Balaban J connectivity index is 1.54. The van der Waals surface area contributed by atoms with Crippen LogP contribution in [0.2, 0.25) is 5.02 Å². The molecule has 3 heterocycles. The van der Waals surface area contributed by atoms with E-state index in [-0.39, 0.29) is 5.91 Å². The predicted octanol–water partition coefficient (Wildman–Crippen LogP) is 6.53. The van der Waals surface area contributed by atoms with Gasteiger partial charge in [0.15, 0.2) is 0 Å². The van der Waals surface area contributed by atoms with E-state index in [1.54, 1.807) is 16.0 Å². The molecular formula is C22H17ClN4OS2. The van der Waals surface area contributed by atoms with Gasteiger partial charge in [0, 0.05) is 16.2 Å². The molecule has 0 saturated carbocycles. The Morgan fingerprint density at radius 2 is 1.87 bits per heavy atom. The lowest BCUT2D eigenvalue weighted by molar-refractivity contribution is 0.103. The third-order valence-corrected chi connectivity index (χ3v) is 7.47. The minimum absolute atomic E-state index is 0.254. The van der Waals surface area contributed by atoms with Crippen molar-refractivity contribution in [1.82, 2.24) is 14.8 Å². The summed E-state index contributed by atoms with van der Waals surface area (Å²) in [5, 5.41) is 9.60. The first kappa shape index (κ1) is 19.2. The number of nitrogens with one attached hydrogen (secondary N) is 1. The smallest absolute Gasteiger partial charge is 0.268 e. The van der Waals surface area contributed by atoms with E-state index in [1.807, 2.05) is 37.3 Å².